The van der Waals surface area contributed by atoms with Crippen LogP contribution in [0.4, 0.5) is 0 Å². The number of rotatable bonds is 5. The van der Waals surface area contributed by atoms with Crippen molar-refractivity contribution in [2.24, 2.45) is 5.92 Å². The van der Waals surface area contributed by atoms with Gasteiger partial charge >= 0.3 is 0 Å². The number of amides is 1. The van der Waals surface area contributed by atoms with Crippen LogP contribution in [0.25, 0.3) is 10.8 Å². The minimum atomic E-state index is -0.0569. The maximum Gasteiger partial charge on any atom is 0.248 e. The van der Waals surface area contributed by atoms with Crippen LogP contribution in [-0.4, -0.2) is 11.9 Å². The molecule has 0 aromatic heterocycles. The normalized spacial score (nSPS) is 17.7. The second-order valence-corrected chi connectivity index (χ2v) is 6.16. The van der Waals surface area contributed by atoms with Gasteiger partial charge in [0.2, 0.25) is 5.91 Å². The Hall–Kier alpha value is -2.29. The molecule has 1 atom stereocenters. The molecule has 0 saturated carbocycles. The maximum atomic E-state index is 11.6. The quantitative estimate of drug-likeness (QED) is 0.911. The number of ether oxygens (including phenoxy) is 1. The highest BCUT2D eigenvalue weighted by molar-refractivity contribution is 5.91. The van der Waals surface area contributed by atoms with Gasteiger partial charge < -0.3 is 10.1 Å². The fourth-order valence-corrected chi connectivity index (χ4v) is 2.88. The van der Waals surface area contributed by atoms with E-state index in [1.54, 1.807) is 6.08 Å². The van der Waals surface area contributed by atoms with Crippen LogP contribution < -0.4 is 5.32 Å². The molecule has 0 radical (unpaired) electrons. The molecular formula is C19H21NO2. The van der Waals surface area contributed by atoms with Crippen molar-refractivity contribution >= 4 is 16.7 Å². The van der Waals surface area contributed by atoms with Crippen LogP contribution in [0.1, 0.15) is 25.8 Å². The van der Waals surface area contributed by atoms with Crippen LogP contribution in [0.3, 0.4) is 0 Å². The SMILES string of the molecule is CC(C)C[C@@H]1NC(=O)C=C1OCc1cccc2ccccc12. The molecule has 0 saturated heterocycles. The summed E-state index contributed by atoms with van der Waals surface area (Å²) in [5.41, 5.74) is 1.14. The van der Waals surface area contributed by atoms with Crippen molar-refractivity contribution in [1.82, 2.24) is 5.32 Å². The van der Waals surface area contributed by atoms with Crippen LogP contribution in [0.2, 0.25) is 0 Å². The zero-order chi connectivity index (χ0) is 15.5. The predicted molar refractivity (Wildman–Crippen MR) is 88.2 cm³/mol. The van der Waals surface area contributed by atoms with Crippen LogP contribution in [0.15, 0.2) is 54.3 Å². The zero-order valence-corrected chi connectivity index (χ0v) is 13.0. The van der Waals surface area contributed by atoms with E-state index in [0.29, 0.717) is 12.5 Å². The highest BCUT2D eigenvalue weighted by atomic mass is 16.5. The largest absolute Gasteiger partial charge is 0.491 e. The highest BCUT2D eigenvalue weighted by Gasteiger charge is 2.26. The van der Waals surface area contributed by atoms with E-state index < -0.39 is 0 Å². The first kappa shape index (κ1) is 14.6. The Kier molecular flexibility index (Phi) is 4.14. The average Bonchev–Trinajstić information content (AvgIpc) is 2.84. The van der Waals surface area contributed by atoms with E-state index >= 15 is 0 Å². The molecule has 3 heteroatoms. The second-order valence-electron chi connectivity index (χ2n) is 6.16. The van der Waals surface area contributed by atoms with E-state index in [1.165, 1.54) is 10.8 Å². The van der Waals surface area contributed by atoms with Gasteiger partial charge in [0.1, 0.15) is 12.4 Å². The molecule has 2 aromatic carbocycles. The van der Waals surface area contributed by atoms with Crippen LogP contribution in [0, 0.1) is 5.92 Å². The van der Waals surface area contributed by atoms with E-state index in [0.717, 1.165) is 17.7 Å². The molecule has 0 aliphatic carbocycles. The molecule has 1 aliphatic rings. The lowest BCUT2D eigenvalue weighted by molar-refractivity contribution is -0.116. The Bertz CT molecular complexity index is 713. The molecule has 0 fully saturated rings. The van der Waals surface area contributed by atoms with E-state index in [-0.39, 0.29) is 11.9 Å². The first-order chi connectivity index (χ1) is 10.6. The standard InChI is InChI=1S/C19H21NO2/c1-13(2)10-17-18(11-19(21)20-17)22-12-15-8-5-7-14-6-3-4-9-16(14)15/h3-9,11,13,17H,10,12H2,1-2H3,(H,20,21)/t17-/m0/s1. The molecule has 2 aromatic rings. The molecule has 1 heterocycles. The van der Waals surface area contributed by atoms with Gasteiger partial charge in [0.25, 0.3) is 0 Å². The summed E-state index contributed by atoms with van der Waals surface area (Å²) in [6.07, 6.45) is 2.48. The van der Waals surface area contributed by atoms with Gasteiger partial charge in [0.15, 0.2) is 0 Å². The Morgan fingerprint density at radius 2 is 1.91 bits per heavy atom. The lowest BCUT2D eigenvalue weighted by Gasteiger charge is -2.18. The van der Waals surface area contributed by atoms with Gasteiger partial charge in [-0.2, -0.15) is 0 Å². The summed E-state index contributed by atoms with van der Waals surface area (Å²) >= 11 is 0. The highest BCUT2D eigenvalue weighted by Crippen LogP contribution is 2.23. The van der Waals surface area contributed by atoms with E-state index in [9.17, 15) is 4.79 Å². The maximum absolute atomic E-state index is 11.6. The first-order valence-corrected chi connectivity index (χ1v) is 7.75. The third kappa shape index (κ3) is 3.14. The Morgan fingerprint density at radius 3 is 2.73 bits per heavy atom. The third-order valence-corrected chi connectivity index (χ3v) is 3.91. The Balaban J connectivity index is 1.76. The van der Waals surface area contributed by atoms with Crippen molar-refractivity contribution < 1.29 is 9.53 Å². The number of carbonyl (C=O) groups excluding carboxylic acids is 1. The number of carbonyl (C=O) groups is 1. The van der Waals surface area contributed by atoms with E-state index in [4.69, 9.17) is 4.74 Å². The lowest BCUT2D eigenvalue weighted by Crippen LogP contribution is -2.30. The molecule has 1 N–H and O–H groups in total. The topological polar surface area (TPSA) is 38.3 Å². The van der Waals surface area contributed by atoms with Crippen LogP contribution >= 0.6 is 0 Å². The summed E-state index contributed by atoms with van der Waals surface area (Å²) < 4.78 is 5.96. The van der Waals surface area contributed by atoms with Crippen molar-refractivity contribution in [2.45, 2.75) is 32.9 Å². The number of benzene rings is 2. The summed E-state index contributed by atoms with van der Waals surface area (Å²) in [5, 5.41) is 5.36. The van der Waals surface area contributed by atoms with E-state index in [1.807, 2.05) is 18.2 Å². The fourth-order valence-electron chi connectivity index (χ4n) is 2.88. The summed E-state index contributed by atoms with van der Waals surface area (Å²) in [5.74, 6) is 1.21. The minimum Gasteiger partial charge on any atom is -0.491 e. The van der Waals surface area contributed by atoms with Crippen molar-refractivity contribution in [1.29, 1.82) is 0 Å². The smallest absolute Gasteiger partial charge is 0.248 e. The van der Waals surface area contributed by atoms with Crippen molar-refractivity contribution in [2.75, 3.05) is 0 Å². The second kappa shape index (κ2) is 6.22. The Labute approximate surface area is 131 Å². The zero-order valence-electron chi connectivity index (χ0n) is 13.0. The summed E-state index contributed by atoms with van der Waals surface area (Å²) in [6, 6.07) is 14.5. The number of fused-ring (bicyclic) bond motifs is 1. The fraction of sp³-hybridized carbons (Fsp3) is 0.316. The summed E-state index contributed by atoms with van der Waals surface area (Å²) in [6.45, 7) is 4.77. The molecule has 0 unspecified atom stereocenters. The van der Waals surface area contributed by atoms with Gasteiger partial charge in [0.05, 0.1) is 6.04 Å². The number of nitrogens with one attached hydrogen (secondary N) is 1. The van der Waals surface area contributed by atoms with Gasteiger partial charge in [0, 0.05) is 6.08 Å². The average molecular weight is 295 g/mol. The van der Waals surface area contributed by atoms with Crippen LogP contribution in [0.5, 0.6) is 0 Å². The van der Waals surface area contributed by atoms with Crippen molar-refractivity contribution in [3.05, 3.63) is 59.9 Å². The third-order valence-electron chi connectivity index (χ3n) is 3.91. The monoisotopic (exact) mass is 295 g/mol. The predicted octanol–water partition coefficient (Wildman–Crippen LogP) is 3.78. The first-order valence-electron chi connectivity index (χ1n) is 7.75. The molecule has 1 amide bonds. The molecule has 0 bridgehead atoms. The molecular weight excluding hydrogens is 274 g/mol. The molecule has 0 spiro atoms. The molecule has 114 valence electrons. The van der Waals surface area contributed by atoms with Crippen LogP contribution in [-0.2, 0) is 16.1 Å². The van der Waals surface area contributed by atoms with Crippen molar-refractivity contribution in [3.63, 3.8) is 0 Å². The van der Waals surface area contributed by atoms with Gasteiger partial charge in [-0.25, -0.2) is 0 Å². The van der Waals surface area contributed by atoms with Crippen molar-refractivity contribution in [3.8, 4) is 0 Å². The molecule has 3 rings (SSSR count). The minimum absolute atomic E-state index is 0.00229. The molecule has 1 aliphatic heterocycles. The molecule has 22 heavy (non-hydrogen) atoms. The summed E-state index contributed by atoms with van der Waals surface area (Å²) in [4.78, 5) is 11.6. The number of hydrogen-bond donors (Lipinski definition) is 1. The van der Waals surface area contributed by atoms with E-state index in [2.05, 4.69) is 43.4 Å². The Morgan fingerprint density at radius 1 is 1.14 bits per heavy atom. The lowest BCUT2D eigenvalue weighted by atomic mass is 10.0. The van der Waals surface area contributed by atoms with Gasteiger partial charge in [-0.3, -0.25) is 4.79 Å². The van der Waals surface area contributed by atoms with Gasteiger partial charge in [-0.1, -0.05) is 56.3 Å². The summed E-state index contributed by atoms with van der Waals surface area (Å²) in [7, 11) is 0. The van der Waals surface area contributed by atoms with Gasteiger partial charge in [-0.05, 0) is 28.7 Å². The van der Waals surface area contributed by atoms with Gasteiger partial charge in [-0.15, -0.1) is 0 Å². The molecule has 3 nitrogen and oxygen atoms in total. The number of hydrogen-bond acceptors (Lipinski definition) is 2.